The molecule has 0 aliphatic rings. The van der Waals surface area contributed by atoms with E-state index in [1.54, 1.807) is 33.7 Å². The van der Waals surface area contributed by atoms with Crippen molar-refractivity contribution in [2.24, 2.45) is 5.92 Å². The second kappa shape index (κ2) is 16.9. The fourth-order valence-corrected chi connectivity index (χ4v) is 3.98. The lowest BCUT2D eigenvalue weighted by Crippen LogP contribution is -2.34. The number of carbonyl (C=O) groups is 2. The molecular formula is C23H35N3O4S2. The van der Waals surface area contributed by atoms with Gasteiger partial charge in [0.1, 0.15) is 12.0 Å². The van der Waals surface area contributed by atoms with Gasteiger partial charge < -0.3 is 20.1 Å². The summed E-state index contributed by atoms with van der Waals surface area (Å²) in [6.07, 6.45) is 1.98. The van der Waals surface area contributed by atoms with Crippen molar-refractivity contribution in [3.8, 4) is 12.0 Å². The number of amides is 2. The molecule has 0 saturated heterocycles. The first-order valence-corrected chi connectivity index (χ1v) is 13.2. The largest absolute Gasteiger partial charge is 0.369 e. The molecule has 0 heterocycles. The van der Waals surface area contributed by atoms with Gasteiger partial charge in [0.2, 0.25) is 0 Å². The Labute approximate surface area is 199 Å². The van der Waals surface area contributed by atoms with E-state index in [0.29, 0.717) is 31.4 Å². The summed E-state index contributed by atoms with van der Waals surface area (Å²) in [5.74, 6) is 2.69. The fraction of sp³-hybridized carbons (Fsp3) is 0.565. The predicted molar refractivity (Wildman–Crippen MR) is 133 cm³/mol. The monoisotopic (exact) mass is 481 g/mol. The van der Waals surface area contributed by atoms with Gasteiger partial charge in [-0.15, -0.1) is 0 Å². The van der Waals surface area contributed by atoms with Gasteiger partial charge in [0.15, 0.2) is 0 Å². The molecule has 9 heteroatoms. The number of ether oxygens (including phenoxy) is 2. The minimum absolute atomic E-state index is 0.0625. The van der Waals surface area contributed by atoms with Gasteiger partial charge in [-0.2, -0.15) is 0 Å². The van der Waals surface area contributed by atoms with Crippen LogP contribution in [0.5, 0.6) is 0 Å². The molecular weight excluding hydrogens is 446 g/mol. The van der Waals surface area contributed by atoms with Crippen molar-refractivity contribution < 1.29 is 19.1 Å². The van der Waals surface area contributed by atoms with E-state index in [1.165, 1.54) is 0 Å². The standard InChI is InChI=1S/C23H35N3O4S2/c1-17(2)10-11-25-21(27)16-29-14-15-30-23(32-31-5)20-8-6-19(7-9-20)22(28)26-13-12-24-18(3)4/h6-9,17-18,23-24H,12-16H2,1-5H3,(H,25,27)(H,26,28). The highest BCUT2D eigenvalue weighted by molar-refractivity contribution is 8.76. The van der Waals surface area contributed by atoms with E-state index in [9.17, 15) is 9.59 Å². The zero-order chi connectivity index (χ0) is 23.8. The summed E-state index contributed by atoms with van der Waals surface area (Å²) in [6.45, 7) is 9.92. The summed E-state index contributed by atoms with van der Waals surface area (Å²) >= 11 is 0. The molecule has 0 aromatic heterocycles. The summed E-state index contributed by atoms with van der Waals surface area (Å²) in [4.78, 5) is 23.9. The number of benzene rings is 1. The Balaban J connectivity index is 2.41. The topological polar surface area (TPSA) is 88.7 Å². The lowest BCUT2D eigenvalue weighted by atomic mass is 10.1. The highest BCUT2D eigenvalue weighted by atomic mass is 33.1. The van der Waals surface area contributed by atoms with E-state index in [4.69, 9.17) is 9.47 Å². The number of carbonyl (C=O) groups excluding carboxylic acids is 2. The SMILES string of the molecule is CSSC(OCCOCC(=O)NC#CC(C)C)c1ccc(C(=O)NCCNC(C)C)cc1. The summed E-state index contributed by atoms with van der Waals surface area (Å²) in [6, 6.07) is 10.4. The molecule has 1 atom stereocenters. The predicted octanol–water partition coefficient (Wildman–Crippen LogP) is 3.19. The average molecular weight is 482 g/mol. The maximum atomic E-state index is 12.3. The van der Waals surface area contributed by atoms with Crippen molar-refractivity contribution in [3.63, 3.8) is 0 Å². The Hall–Kier alpha value is -1.70. The van der Waals surface area contributed by atoms with Gasteiger partial charge in [-0.3, -0.25) is 14.9 Å². The van der Waals surface area contributed by atoms with Crippen molar-refractivity contribution >= 4 is 33.4 Å². The zero-order valence-corrected chi connectivity index (χ0v) is 21.2. The minimum Gasteiger partial charge on any atom is -0.369 e. The average Bonchev–Trinajstić information content (AvgIpc) is 2.75. The van der Waals surface area contributed by atoms with Crippen molar-refractivity contribution in [1.29, 1.82) is 0 Å². The number of nitrogens with one attached hydrogen (secondary N) is 3. The molecule has 32 heavy (non-hydrogen) atoms. The quantitative estimate of drug-likeness (QED) is 0.124. The van der Waals surface area contributed by atoms with Crippen LogP contribution in [0.2, 0.25) is 0 Å². The third-order valence-electron chi connectivity index (χ3n) is 3.88. The van der Waals surface area contributed by atoms with Crippen molar-refractivity contribution in [2.75, 3.05) is 39.2 Å². The van der Waals surface area contributed by atoms with E-state index >= 15 is 0 Å². The smallest absolute Gasteiger partial charge is 0.257 e. The maximum Gasteiger partial charge on any atom is 0.257 e. The van der Waals surface area contributed by atoms with Crippen LogP contribution >= 0.6 is 21.6 Å². The summed E-state index contributed by atoms with van der Waals surface area (Å²) in [5, 5.41) is 8.65. The van der Waals surface area contributed by atoms with E-state index in [0.717, 1.165) is 12.1 Å². The molecule has 0 fully saturated rings. The van der Waals surface area contributed by atoms with Crippen LogP contribution < -0.4 is 16.0 Å². The van der Waals surface area contributed by atoms with Crippen molar-refractivity contribution in [1.82, 2.24) is 16.0 Å². The first kappa shape index (κ1) is 28.3. The number of hydrogen-bond donors (Lipinski definition) is 3. The van der Waals surface area contributed by atoms with Crippen molar-refractivity contribution in [3.05, 3.63) is 35.4 Å². The fourth-order valence-electron chi connectivity index (χ4n) is 2.36. The third kappa shape index (κ3) is 13.0. The molecule has 2 amide bonds. The lowest BCUT2D eigenvalue weighted by molar-refractivity contribution is -0.125. The van der Waals surface area contributed by atoms with E-state index < -0.39 is 0 Å². The van der Waals surface area contributed by atoms with Gasteiger partial charge in [-0.25, -0.2) is 0 Å². The number of hydrogen-bond acceptors (Lipinski definition) is 7. The van der Waals surface area contributed by atoms with Gasteiger partial charge >= 0.3 is 0 Å². The van der Waals surface area contributed by atoms with Crippen LogP contribution in [0.1, 0.15) is 49.1 Å². The Morgan fingerprint density at radius 3 is 2.41 bits per heavy atom. The molecule has 178 valence electrons. The van der Waals surface area contributed by atoms with Crippen LogP contribution in [-0.4, -0.2) is 57.0 Å². The lowest BCUT2D eigenvalue weighted by Gasteiger charge is -2.17. The van der Waals surface area contributed by atoms with Gasteiger partial charge in [-0.1, -0.05) is 67.3 Å². The van der Waals surface area contributed by atoms with E-state index in [2.05, 4.69) is 41.8 Å². The Bertz CT molecular complexity index is 746. The molecule has 1 aromatic rings. The minimum atomic E-state index is -0.276. The second-order valence-corrected chi connectivity index (χ2v) is 10.0. The molecule has 0 saturated carbocycles. The van der Waals surface area contributed by atoms with Gasteiger partial charge in [0.05, 0.1) is 13.2 Å². The molecule has 1 unspecified atom stereocenters. The third-order valence-corrected chi connectivity index (χ3v) is 5.76. The van der Waals surface area contributed by atoms with E-state index in [1.807, 2.05) is 32.2 Å². The van der Waals surface area contributed by atoms with Crippen molar-refractivity contribution in [2.45, 2.75) is 39.2 Å². The molecule has 1 aromatic carbocycles. The van der Waals surface area contributed by atoms with Crippen LogP contribution in [0.3, 0.4) is 0 Å². The number of rotatable bonds is 14. The first-order valence-electron chi connectivity index (χ1n) is 10.6. The molecule has 0 bridgehead atoms. The highest BCUT2D eigenvalue weighted by Crippen LogP contribution is 2.37. The second-order valence-electron chi connectivity index (χ2n) is 7.48. The molecule has 3 N–H and O–H groups in total. The van der Waals surface area contributed by atoms with Crippen LogP contribution in [0.4, 0.5) is 0 Å². The van der Waals surface area contributed by atoms with Gasteiger partial charge in [-0.05, 0) is 24.0 Å². The molecule has 7 nitrogen and oxygen atoms in total. The van der Waals surface area contributed by atoms with Crippen LogP contribution in [0.25, 0.3) is 0 Å². The first-order chi connectivity index (χ1) is 15.3. The summed E-state index contributed by atoms with van der Waals surface area (Å²) < 4.78 is 11.3. The normalized spacial score (nSPS) is 11.7. The van der Waals surface area contributed by atoms with Crippen LogP contribution in [-0.2, 0) is 14.3 Å². The van der Waals surface area contributed by atoms with E-state index in [-0.39, 0.29) is 29.8 Å². The molecule has 0 aliphatic heterocycles. The zero-order valence-electron chi connectivity index (χ0n) is 19.5. The van der Waals surface area contributed by atoms with Gasteiger partial charge in [0.25, 0.3) is 11.8 Å². The molecule has 0 radical (unpaired) electrons. The Morgan fingerprint density at radius 2 is 1.78 bits per heavy atom. The van der Waals surface area contributed by atoms with Gasteiger partial charge in [0, 0.05) is 36.7 Å². The molecule has 0 aliphatic carbocycles. The highest BCUT2D eigenvalue weighted by Gasteiger charge is 2.14. The molecule has 0 spiro atoms. The molecule has 1 rings (SSSR count). The Kier molecular flexibility index (Phi) is 14.9. The summed E-state index contributed by atoms with van der Waals surface area (Å²) in [7, 11) is 3.17. The van der Waals surface area contributed by atoms with Crippen LogP contribution in [0.15, 0.2) is 24.3 Å². The summed E-state index contributed by atoms with van der Waals surface area (Å²) in [5.41, 5.74) is 1.37. The van der Waals surface area contributed by atoms with Crippen LogP contribution in [0, 0.1) is 17.9 Å². The Morgan fingerprint density at radius 1 is 1.06 bits per heavy atom. The maximum absolute atomic E-state index is 12.3.